The lowest BCUT2D eigenvalue weighted by Gasteiger charge is -2.11. The van der Waals surface area contributed by atoms with Crippen LogP contribution in [-0.4, -0.2) is 17.3 Å². The van der Waals surface area contributed by atoms with E-state index in [0.29, 0.717) is 17.9 Å². The lowest BCUT2D eigenvalue weighted by Crippen LogP contribution is -2.20. The molecule has 0 bridgehead atoms. The van der Waals surface area contributed by atoms with E-state index < -0.39 is 0 Å². The van der Waals surface area contributed by atoms with Crippen LogP contribution in [0.1, 0.15) is 5.56 Å². The number of ether oxygens (including phenoxy) is 1. The van der Waals surface area contributed by atoms with Gasteiger partial charge < -0.3 is 20.4 Å². The first-order chi connectivity index (χ1) is 9.20. The van der Waals surface area contributed by atoms with Crippen molar-refractivity contribution in [1.29, 1.82) is 0 Å². The number of aromatic hydroxyl groups is 2. The predicted octanol–water partition coefficient (Wildman–Crippen LogP) is 2.22. The SMILES string of the molecule is COc1cc(CNNc2ccccc2)c(O)cc1O. The number of methoxy groups -OCH3 is 1. The topological polar surface area (TPSA) is 73.8 Å². The Kier molecular flexibility index (Phi) is 4.10. The Labute approximate surface area is 111 Å². The van der Waals surface area contributed by atoms with Gasteiger partial charge in [0.15, 0.2) is 11.5 Å². The average molecular weight is 260 g/mol. The molecule has 0 unspecified atom stereocenters. The molecule has 0 saturated carbocycles. The molecular formula is C14H16N2O3. The van der Waals surface area contributed by atoms with E-state index in [9.17, 15) is 10.2 Å². The van der Waals surface area contributed by atoms with Gasteiger partial charge in [0.25, 0.3) is 0 Å². The minimum Gasteiger partial charge on any atom is -0.507 e. The number of para-hydroxylation sites is 1. The van der Waals surface area contributed by atoms with Gasteiger partial charge in [-0.05, 0) is 18.2 Å². The van der Waals surface area contributed by atoms with Gasteiger partial charge in [0.05, 0.1) is 7.11 Å². The van der Waals surface area contributed by atoms with Gasteiger partial charge in [0, 0.05) is 23.9 Å². The van der Waals surface area contributed by atoms with Gasteiger partial charge in [-0.1, -0.05) is 18.2 Å². The third kappa shape index (κ3) is 3.29. The van der Waals surface area contributed by atoms with Crippen LogP contribution in [0.3, 0.4) is 0 Å². The molecule has 100 valence electrons. The van der Waals surface area contributed by atoms with Gasteiger partial charge in [0.2, 0.25) is 0 Å². The number of benzene rings is 2. The number of phenolic OH excluding ortho intramolecular Hbond substituents is 2. The van der Waals surface area contributed by atoms with Gasteiger partial charge in [-0.25, -0.2) is 5.43 Å². The van der Waals surface area contributed by atoms with Crippen molar-refractivity contribution in [2.45, 2.75) is 6.54 Å². The summed E-state index contributed by atoms with van der Waals surface area (Å²) < 4.78 is 5.00. The molecule has 2 rings (SSSR count). The van der Waals surface area contributed by atoms with Gasteiger partial charge in [-0.15, -0.1) is 0 Å². The van der Waals surface area contributed by atoms with E-state index in [2.05, 4.69) is 10.9 Å². The van der Waals surface area contributed by atoms with Crippen LogP contribution in [0.4, 0.5) is 5.69 Å². The Morgan fingerprint density at radius 1 is 1.05 bits per heavy atom. The molecule has 19 heavy (non-hydrogen) atoms. The van der Waals surface area contributed by atoms with E-state index in [0.717, 1.165) is 5.69 Å². The number of hydrazine groups is 1. The number of anilines is 1. The quantitative estimate of drug-likeness (QED) is 0.620. The fourth-order valence-corrected chi connectivity index (χ4v) is 1.67. The highest BCUT2D eigenvalue weighted by molar-refractivity contribution is 5.49. The largest absolute Gasteiger partial charge is 0.507 e. The second-order valence-corrected chi connectivity index (χ2v) is 4.00. The maximum Gasteiger partial charge on any atom is 0.161 e. The molecule has 2 aromatic rings. The predicted molar refractivity (Wildman–Crippen MR) is 73.2 cm³/mol. The van der Waals surface area contributed by atoms with Crippen molar-refractivity contribution in [3.63, 3.8) is 0 Å². The molecular weight excluding hydrogens is 244 g/mol. The van der Waals surface area contributed by atoms with Crippen LogP contribution in [0.5, 0.6) is 17.2 Å². The van der Waals surface area contributed by atoms with Crippen LogP contribution < -0.4 is 15.6 Å². The first-order valence-corrected chi connectivity index (χ1v) is 5.83. The second-order valence-electron chi connectivity index (χ2n) is 4.00. The zero-order chi connectivity index (χ0) is 13.7. The van der Waals surface area contributed by atoms with Crippen molar-refractivity contribution in [1.82, 2.24) is 5.43 Å². The molecule has 5 heteroatoms. The van der Waals surface area contributed by atoms with Gasteiger partial charge in [-0.2, -0.15) is 0 Å². The van der Waals surface area contributed by atoms with Crippen LogP contribution >= 0.6 is 0 Å². The highest BCUT2D eigenvalue weighted by atomic mass is 16.5. The standard InChI is InChI=1S/C14H16N2O3/c1-19-14-7-10(12(17)8-13(14)18)9-15-16-11-5-3-2-4-6-11/h2-8,15-18H,9H2,1H3. The van der Waals surface area contributed by atoms with Crippen molar-refractivity contribution >= 4 is 5.69 Å². The normalized spacial score (nSPS) is 10.2. The molecule has 0 saturated heterocycles. The molecule has 0 aliphatic rings. The summed E-state index contributed by atoms with van der Waals surface area (Å²) >= 11 is 0. The maximum absolute atomic E-state index is 9.73. The number of hydrogen-bond acceptors (Lipinski definition) is 5. The smallest absolute Gasteiger partial charge is 0.161 e. The number of phenols is 2. The lowest BCUT2D eigenvalue weighted by molar-refractivity contribution is 0.368. The summed E-state index contributed by atoms with van der Waals surface area (Å²) in [6.45, 7) is 0.386. The summed E-state index contributed by atoms with van der Waals surface area (Å²) in [6, 6.07) is 12.5. The summed E-state index contributed by atoms with van der Waals surface area (Å²) in [5.74, 6) is 0.259. The zero-order valence-corrected chi connectivity index (χ0v) is 10.6. The monoisotopic (exact) mass is 260 g/mol. The van der Waals surface area contributed by atoms with Crippen LogP contribution in [0.2, 0.25) is 0 Å². The third-order valence-electron chi connectivity index (χ3n) is 2.67. The van der Waals surface area contributed by atoms with E-state index in [1.165, 1.54) is 13.2 Å². The Hall–Kier alpha value is -2.40. The number of rotatable bonds is 5. The van der Waals surface area contributed by atoms with Crippen LogP contribution in [0.15, 0.2) is 42.5 Å². The molecule has 0 atom stereocenters. The summed E-state index contributed by atoms with van der Waals surface area (Å²) in [4.78, 5) is 0. The van der Waals surface area contributed by atoms with Crippen molar-refractivity contribution in [2.24, 2.45) is 0 Å². The minimum atomic E-state index is -0.0835. The summed E-state index contributed by atoms with van der Waals surface area (Å²) in [5, 5.41) is 19.2. The summed E-state index contributed by atoms with van der Waals surface area (Å²) in [7, 11) is 1.46. The van der Waals surface area contributed by atoms with Crippen molar-refractivity contribution in [3.8, 4) is 17.2 Å². The van der Waals surface area contributed by atoms with Gasteiger partial charge in [0.1, 0.15) is 5.75 Å². The molecule has 0 aromatic heterocycles. The summed E-state index contributed by atoms with van der Waals surface area (Å²) in [6.07, 6.45) is 0. The van der Waals surface area contributed by atoms with Crippen LogP contribution in [0, 0.1) is 0 Å². The van der Waals surface area contributed by atoms with Crippen LogP contribution in [0.25, 0.3) is 0 Å². The van der Waals surface area contributed by atoms with Gasteiger partial charge in [-0.3, -0.25) is 0 Å². The molecule has 0 radical (unpaired) electrons. The van der Waals surface area contributed by atoms with Crippen molar-refractivity contribution in [3.05, 3.63) is 48.0 Å². The fourth-order valence-electron chi connectivity index (χ4n) is 1.67. The molecule has 2 aromatic carbocycles. The van der Waals surface area contributed by atoms with Crippen molar-refractivity contribution in [2.75, 3.05) is 12.5 Å². The minimum absolute atomic E-state index is 0.0145. The summed E-state index contributed by atoms with van der Waals surface area (Å²) in [5.41, 5.74) is 7.54. The lowest BCUT2D eigenvalue weighted by atomic mass is 10.2. The Morgan fingerprint density at radius 2 is 1.79 bits per heavy atom. The van der Waals surface area contributed by atoms with Gasteiger partial charge >= 0.3 is 0 Å². The molecule has 5 nitrogen and oxygen atoms in total. The Balaban J connectivity index is 2.00. The molecule has 4 N–H and O–H groups in total. The first-order valence-electron chi connectivity index (χ1n) is 5.83. The molecule has 0 heterocycles. The average Bonchev–Trinajstić information content (AvgIpc) is 2.42. The van der Waals surface area contributed by atoms with E-state index in [-0.39, 0.29) is 11.5 Å². The fraction of sp³-hybridized carbons (Fsp3) is 0.143. The first kappa shape index (κ1) is 13.0. The highest BCUT2D eigenvalue weighted by Gasteiger charge is 2.08. The zero-order valence-electron chi connectivity index (χ0n) is 10.6. The molecule has 0 amide bonds. The molecule has 0 fully saturated rings. The van der Waals surface area contributed by atoms with E-state index >= 15 is 0 Å². The van der Waals surface area contributed by atoms with E-state index in [1.54, 1.807) is 6.07 Å². The molecule has 0 aliphatic heterocycles. The maximum atomic E-state index is 9.73. The van der Waals surface area contributed by atoms with E-state index in [4.69, 9.17) is 4.74 Å². The van der Waals surface area contributed by atoms with Crippen LogP contribution in [-0.2, 0) is 6.54 Å². The number of nitrogens with one attached hydrogen (secondary N) is 2. The third-order valence-corrected chi connectivity index (χ3v) is 2.67. The molecule has 0 spiro atoms. The second kappa shape index (κ2) is 5.97. The Morgan fingerprint density at radius 3 is 2.47 bits per heavy atom. The Bertz CT molecular complexity index is 544. The van der Waals surface area contributed by atoms with Crippen molar-refractivity contribution < 1.29 is 14.9 Å². The molecule has 0 aliphatic carbocycles. The number of hydrogen-bond donors (Lipinski definition) is 4. The highest BCUT2D eigenvalue weighted by Crippen LogP contribution is 2.32. The van der Waals surface area contributed by atoms with E-state index in [1.807, 2.05) is 30.3 Å².